The number of ether oxygens (including phenoxy) is 3. The number of Topliss-reactive ketones (excluding diaryl/α,β-unsaturated/α-hetero) is 1. The summed E-state index contributed by atoms with van der Waals surface area (Å²) in [5, 5.41) is 0.496. The van der Waals surface area contributed by atoms with Crippen LogP contribution < -0.4 is 10.2 Å². The van der Waals surface area contributed by atoms with Gasteiger partial charge in [0.15, 0.2) is 11.2 Å². The molecule has 2 aromatic rings. The maximum atomic E-state index is 12.7. The van der Waals surface area contributed by atoms with Gasteiger partial charge in [-0.15, -0.1) is 0 Å². The van der Waals surface area contributed by atoms with Crippen LogP contribution in [0.3, 0.4) is 0 Å². The van der Waals surface area contributed by atoms with Gasteiger partial charge in [-0.1, -0.05) is 11.6 Å². The normalized spacial score (nSPS) is 21.1. The molecule has 31 heavy (non-hydrogen) atoms. The second kappa shape index (κ2) is 8.41. The Morgan fingerprint density at radius 1 is 1.29 bits per heavy atom. The van der Waals surface area contributed by atoms with E-state index in [1.165, 1.54) is 6.92 Å². The van der Waals surface area contributed by atoms with E-state index in [0.717, 1.165) is 29.7 Å². The second-order valence-electron chi connectivity index (χ2n) is 8.76. The van der Waals surface area contributed by atoms with Crippen LogP contribution in [0.5, 0.6) is 5.75 Å². The fraction of sp³-hybridized carbons (Fsp3) is 0.500. The van der Waals surface area contributed by atoms with Crippen molar-refractivity contribution in [3.05, 3.63) is 50.8 Å². The van der Waals surface area contributed by atoms with Crippen molar-refractivity contribution in [2.45, 2.75) is 51.2 Å². The summed E-state index contributed by atoms with van der Waals surface area (Å²) in [4.78, 5) is 24.8. The highest BCUT2D eigenvalue weighted by Gasteiger charge is 2.46. The number of halogens is 1. The van der Waals surface area contributed by atoms with Crippen molar-refractivity contribution >= 4 is 17.4 Å². The Morgan fingerprint density at radius 2 is 2.06 bits per heavy atom. The highest BCUT2D eigenvalue weighted by atomic mass is 35.5. The Labute approximate surface area is 187 Å². The van der Waals surface area contributed by atoms with Crippen molar-refractivity contribution in [1.29, 1.82) is 0 Å². The molecular formula is C24H28ClNO5. The Bertz CT molecular complexity index is 1070. The first-order chi connectivity index (χ1) is 14.7. The molecule has 0 amide bonds. The van der Waals surface area contributed by atoms with E-state index in [1.54, 1.807) is 19.4 Å². The fourth-order valence-electron chi connectivity index (χ4n) is 4.88. The van der Waals surface area contributed by atoms with Gasteiger partial charge in [-0.2, -0.15) is 0 Å². The zero-order valence-electron chi connectivity index (χ0n) is 18.4. The minimum absolute atomic E-state index is 0.0648. The van der Waals surface area contributed by atoms with Gasteiger partial charge in [0.1, 0.15) is 5.75 Å². The first kappa shape index (κ1) is 22.1. The van der Waals surface area contributed by atoms with E-state index in [0.29, 0.717) is 30.6 Å². The molecule has 0 spiro atoms. The fourth-order valence-corrected chi connectivity index (χ4v) is 5.10. The summed E-state index contributed by atoms with van der Waals surface area (Å²) in [6, 6.07) is 5.37. The van der Waals surface area contributed by atoms with E-state index in [4.69, 9.17) is 25.8 Å². The van der Waals surface area contributed by atoms with Crippen molar-refractivity contribution in [3.8, 4) is 17.0 Å². The Kier molecular flexibility index (Phi) is 5.99. The maximum Gasteiger partial charge on any atom is 0.192 e. The van der Waals surface area contributed by atoms with Gasteiger partial charge in [0, 0.05) is 50.5 Å². The molecule has 1 saturated heterocycles. The maximum absolute atomic E-state index is 12.7. The number of fused-ring (bicyclic) bond motifs is 6. The van der Waals surface area contributed by atoms with E-state index in [-0.39, 0.29) is 28.7 Å². The quantitative estimate of drug-likeness (QED) is 0.479. The molecule has 2 atom stereocenters. The van der Waals surface area contributed by atoms with E-state index >= 15 is 0 Å². The van der Waals surface area contributed by atoms with Gasteiger partial charge in [0.05, 0.1) is 34.5 Å². The topological polar surface area (TPSA) is 66.8 Å². The summed E-state index contributed by atoms with van der Waals surface area (Å²) in [5.74, 6) is 0.540. The van der Waals surface area contributed by atoms with Crippen LogP contribution in [0.25, 0.3) is 11.3 Å². The molecule has 6 nitrogen and oxygen atoms in total. The summed E-state index contributed by atoms with van der Waals surface area (Å²) < 4.78 is 19.2. The molecule has 7 heteroatoms. The molecule has 0 saturated carbocycles. The van der Waals surface area contributed by atoms with Crippen molar-refractivity contribution in [2.75, 3.05) is 26.9 Å². The minimum atomic E-state index is -0.475. The number of carbonyl (C=O) groups is 1. The number of hydrogen-bond acceptors (Lipinski definition) is 5. The second-order valence-corrected chi connectivity index (χ2v) is 9.16. The zero-order chi connectivity index (χ0) is 22.3. The highest BCUT2D eigenvalue weighted by Crippen LogP contribution is 2.53. The van der Waals surface area contributed by atoms with Crippen molar-refractivity contribution in [2.24, 2.45) is 0 Å². The van der Waals surface area contributed by atoms with Gasteiger partial charge < -0.3 is 18.8 Å². The third-order valence-electron chi connectivity index (χ3n) is 6.28. The third-order valence-corrected chi connectivity index (χ3v) is 6.58. The summed E-state index contributed by atoms with van der Waals surface area (Å²) in [7, 11) is 1.66. The number of carbonyl (C=O) groups excluding carboxylic acids is 1. The lowest BCUT2D eigenvalue weighted by Crippen LogP contribution is -2.47. The molecule has 1 fully saturated rings. The van der Waals surface area contributed by atoms with Crippen molar-refractivity contribution in [1.82, 2.24) is 4.57 Å². The third kappa shape index (κ3) is 3.93. The minimum Gasteiger partial charge on any atom is -0.492 e. The van der Waals surface area contributed by atoms with Gasteiger partial charge in [-0.25, -0.2) is 0 Å². The van der Waals surface area contributed by atoms with E-state index in [1.807, 2.05) is 16.7 Å². The number of hydrogen-bond donors (Lipinski definition) is 0. The van der Waals surface area contributed by atoms with Crippen LogP contribution in [0.1, 0.15) is 61.5 Å². The molecule has 0 radical (unpaired) electrons. The monoisotopic (exact) mass is 445 g/mol. The summed E-state index contributed by atoms with van der Waals surface area (Å²) >= 11 is 6.57. The number of rotatable bonds is 6. The van der Waals surface area contributed by atoms with Crippen LogP contribution in [0.4, 0.5) is 0 Å². The van der Waals surface area contributed by atoms with Crippen LogP contribution in [0, 0.1) is 0 Å². The lowest BCUT2D eigenvalue weighted by atomic mass is 9.73. The predicted octanol–water partition coefficient (Wildman–Crippen LogP) is 4.62. The summed E-state index contributed by atoms with van der Waals surface area (Å²) in [6.07, 6.45) is 3.29. The molecule has 1 aromatic heterocycles. The zero-order valence-corrected chi connectivity index (χ0v) is 19.1. The lowest BCUT2D eigenvalue weighted by Gasteiger charge is -2.49. The molecule has 0 bridgehead atoms. The van der Waals surface area contributed by atoms with Crippen LogP contribution >= 0.6 is 11.6 Å². The average molecular weight is 446 g/mol. The van der Waals surface area contributed by atoms with Gasteiger partial charge in [0.25, 0.3) is 0 Å². The number of benzene rings is 1. The van der Waals surface area contributed by atoms with Gasteiger partial charge in [0.2, 0.25) is 0 Å². The standard InChI is InChI=1S/C24H28ClNO5/c1-14(27)18-13-26-20(12-21(18)28)17-10-19(25)22(30-8-5-7-29-4)11-16(17)15-6-9-31-24(2,3)23(15)26/h10-13,15,23H,5-9H2,1-4H3/t15-,23+/m1/s1. The smallest absolute Gasteiger partial charge is 0.192 e. The molecule has 1 aromatic carbocycles. The molecule has 3 heterocycles. The number of ketones is 1. The van der Waals surface area contributed by atoms with Crippen LogP contribution in [-0.2, 0) is 9.47 Å². The Morgan fingerprint density at radius 3 is 2.77 bits per heavy atom. The molecular weight excluding hydrogens is 418 g/mol. The molecule has 2 aliphatic rings. The van der Waals surface area contributed by atoms with Gasteiger partial charge >= 0.3 is 0 Å². The van der Waals surface area contributed by atoms with Gasteiger partial charge in [-0.3, -0.25) is 9.59 Å². The number of pyridine rings is 1. The predicted molar refractivity (Wildman–Crippen MR) is 120 cm³/mol. The van der Waals surface area contributed by atoms with E-state index < -0.39 is 5.60 Å². The lowest BCUT2D eigenvalue weighted by molar-refractivity contribution is -0.0977. The molecule has 0 N–H and O–H groups in total. The van der Waals surface area contributed by atoms with E-state index in [9.17, 15) is 9.59 Å². The van der Waals surface area contributed by atoms with Crippen molar-refractivity contribution in [3.63, 3.8) is 0 Å². The largest absolute Gasteiger partial charge is 0.492 e. The number of nitrogens with zero attached hydrogens (tertiary/aromatic N) is 1. The Balaban J connectivity index is 1.88. The number of aromatic nitrogens is 1. The summed E-state index contributed by atoms with van der Waals surface area (Å²) in [5.41, 5.74) is 2.18. The molecule has 2 aliphatic heterocycles. The first-order valence-electron chi connectivity index (χ1n) is 10.6. The number of methoxy groups -OCH3 is 1. The average Bonchev–Trinajstić information content (AvgIpc) is 2.71. The Hall–Kier alpha value is -2.15. The van der Waals surface area contributed by atoms with Crippen LogP contribution in [0.15, 0.2) is 29.2 Å². The summed E-state index contributed by atoms with van der Waals surface area (Å²) in [6.45, 7) is 7.30. The SMILES string of the molecule is COCCCOc1cc2c(cc1Cl)-c1cc(=O)c(C(C)=O)cn1[C@H]1[C@@H]2CCOC1(C)C. The first-order valence-corrected chi connectivity index (χ1v) is 11.0. The molecule has 4 rings (SSSR count). The van der Waals surface area contributed by atoms with Gasteiger partial charge in [-0.05, 0) is 44.9 Å². The molecule has 0 aliphatic carbocycles. The van der Waals surface area contributed by atoms with Crippen LogP contribution in [-0.4, -0.2) is 42.9 Å². The van der Waals surface area contributed by atoms with E-state index in [2.05, 4.69) is 13.8 Å². The van der Waals surface area contributed by atoms with Crippen molar-refractivity contribution < 1.29 is 19.0 Å². The molecule has 0 unspecified atom stereocenters. The highest BCUT2D eigenvalue weighted by molar-refractivity contribution is 6.32. The molecule has 166 valence electrons. The van der Waals surface area contributed by atoms with Crippen LogP contribution in [0.2, 0.25) is 5.02 Å².